The van der Waals surface area contributed by atoms with Gasteiger partial charge in [-0.1, -0.05) is 13.0 Å². The van der Waals surface area contributed by atoms with E-state index in [0.29, 0.717) is 6.04 Å². The first-order chi connectivity index (χ1) is 8.70. The second-order valence-corrected chi connectivity index (χ2v) is 6.08. The van der Waals surface area contributed by atoms with Crippen molar-refractivity contribution in [1.82, 2.24) is 5.32 Å². The summed E-state index contributed by atoms with van der Waals surface area (Å²) in [6.45, 7) is 2.11. The maximum atomic E-state index is 12.2. The third-order valence-corrected chi connectivity index (χ3v) is 4.74. The largest absolute Gasteiger partial charge is 0.348 e. The summed E-state index contributed by atoms with van der Waals surface area (Å²) in [5, 5.41) is 5.24. The lowest BCUT2D eigenvalue weighted by molar-refractivity contribution is -0.126. The van der Waals surface area contributed by atoms with Gasteiger partial charge >= 0.3 is 0 Å². The number of nitrogens with two attached hydrogens (primary N) is 1. The van der Waals surface area contributed by atoms with Gasteiger partial charge in [-0.25, -0.2) is 0 Å². The molecule has 1 aromatic heterocycles. The van der Waals surface area contributed by atoms with E-state index in [1.807, 2.05) is 6.07 Å². The average molecular weight is 266 g/mol. The Balaban J connectivity index is 1.90. The molecule has 2 rings (SSSR count). The molecule has 0 saturated heterocycles. The normalized spacial score (nSPS) is 25.7. The van der Waals surface area contributed by atoms with Crippen molar-refractivity contribution in [1.29, 1.82) is 0 Å². The Morgan fingerprint density at radius 2 is 2.22 bits per heavy atom. The molecule has 0 spiro atoms. The predicted molar refractivity (Wildman–Crippen MR) is 75.4 cm³/mol. The molecule has 1 aliphatic carbocycles. The van der Waals surface area contributed by atoms with Crippen molar-refractivity contribution >= 4 is 17.2 Å². The van der Waals surface area contributed by atoms with Crippen molar-refractivity contribution in [3.8, 4) is 0 Å². The lowest BCUT2D eigenvalue weighted by Crippen LogP contribution is -2.37. The molecule has 1 unspecified atom stereocenters. The standard InChI is InChI=1S/C14H22N2OS/c1-2-12(13-4-3-9-18-13)16-14(17)10-5-7-11(15)8-6-10/h3-4,9-12H,2,5-8,15H2,1H3,(H,16,17). The van der Waals surface area contributed by atoms with Crippen LogP contribution in [0.25, 0.3) is 0 Å². The van der Waals surface area contributed by atoms with Crippen LogP contribution in [-0.2, 0) is 4.79 Å². The zero-order chi connectivity index (χ0) is 13.0. The van der Waals surface area contributed by atoms with Crippen LogP contribution in [0.5, 0.6) is 0 Å². The van der Waals surface area contributed by atoms with Crippen molar-refractivity contribution in [3.63, 3.8) is 0 Å². The summed E-state index contributed by atoms with van der Waals surface area (Å²) in [5.41, 5.74) is 5.87. The Kier molecular flexibility index (Phi) is 4.78. The van der Waals surface area contributed by atoms with Gasteiger partial charge in [0.2, 0.25) is 5.91 Å². The zero-order valence-corrected chi connectivity index (χ0v) is 11.7. The molecule has 1 fully saturated rings. The number of hydrogen-bond acceptors (Lipinski definition) is 3. The van der Waals surface area contributed by atoms with Crippen LogP contribution in [-0.4, -0.2) is 11.9 Å². The molecular formula is C14H22N2OS. The van der Waals surface area contributed by atoms with Crippen LogP contribution < -0.4 is 11.1 Å². The first-order valence-electron chi connectivity index (χ1n) is 6.80. The number of carbonyl (C=O) groups excluding carboxylic acids is 1. The number of rotatable bonds is 4. The molecular weight excluding hydrogens is 244 g/mol. The van der Waals surface area contributed by atoms with E-state index in [1.165, 1.54) is 4.88 Å². The molecule has 1 heterocycles. The highest BCUT2D eigenvalue weighted by atomic mass is 32.1. The van der Waals surface area contributed by atoms with E-state index in [2.05, 4.69) is 23.7 Å². The highest BCUT2D eigenvalue weighted by molar-refractivity contribution is 7.10. The van der Waals surface area contributed by atoms with E-state index >= 15 is 0 Å². The first-order valence-corrected chi connectivity index (χ1v) is 7.68. The molecule has 4 heteroatoms. The molecule has 0 aliphatic heterocycles. The lowest BCUT2D eigenvalue weighted by atomic mass is 9.86. The topological polar surface area (TPSA) is 55.1 Å². The van der Waals surface area contributed by atoms with Gasteiger partial charge in [0.1, 0.15) is 0 Å². The minimum atomic E-state index is 0.166. The lowest BCUT2D eigenvalue weighted by Gasteiger charge is -2.27. The number of nitrogens with one attached hydrogen (secondary N) is 1. The first kappa shape index (κ1) is 13.6. The number of thiophene rings is 1. The van der Waals surface area contributed by atoms with Crippen LogP contribution in [0.3, 0.4) is 0 Å². The molecule has 0 bridgehead atoms. The van der Waals surface area contributed by atoms with E-state index < -0.39 is 0 Å². The van der Waals surface area contributed by atoms with Crippen molar-refractivity contribution in [3.05, 3.63) is 22.4 Å². The molecule has 3 N–H and O–H groups in total. The van der Waals surface area contributed by atoms with Crippen molar-refractivity contribution < 1.29 is 4.79 Å². The fourth-order valence-corrected chi connectivity index (χ4v) is 3.40. The second kappa shape index (κ2) is 6.34. The summed E-state index contributed by atoms with van der Waals surface area (Å²) in [6, 6.07) is 4.60. The molecule has 1 aliphatic rings. The summed E-state index contributed by atoms with van der Waals surface area (Å²) in [7, 11) is 0. The van der Waals surface area contributed by atoms with Gasteiger partial charge in [-0.3, -0.25) is 4.79 Å². The van der Waals surface area contributed by atoms with Crippen LogP contribution in [0, 0.1) is 5.92 Å². The van der Waals surface area contributed by atoms with Crippen molar-refractivity contribution in [2.75, 3.05) is 0 Å². The van der Waals surface area contributed by atoms with Crippen LogP contribution in [0.15, 0.2) is 17.5 Å². The maximum Gasteiger partial charge on any atom is 0.223 e. The number of hydrogen-bond donors (Lipinski definition) is 2. The van der Waals surface area contributed by atoms with E-state index in [-0.39, 0.29) is 17.9 Å². The third-order valence-electron chi connectivity index (χ3n) is 3.75. The molecule has 0 radical (unpaired) electrons. The van der Waals surface area contributed by atoms with Crippen molar-refractivity contribution in [2.45, 2.75) is 51.1 Å². The highest BCUT2D eigenvalue weighted by Gasteiger charge is 2.26. The zero-order valence-electron chi connectivity index (χ0n) is 10.9. The number of amides is 1. The Labute approximate surface area is 113 Å². The summed E-state index contributed by atoms with van der Waals surface area (Å²) in [4.78, 5) is 13.5. The Bertz CT molecular complexity index is 369. The predicted octanol–water partition coefficient (Wildman–Crippen LogP) is 2.83. The fraction of sp³-hybridized carbons (Fsp3) is 0.643. The van der Waals surface area contributed by atoms with E-state index in [0.717, 1.165) is 32.1 Å². The van der Waals surface area contributed by atoms with Gasteiger partial charge in [0.15, 0.2) is 0 Å². The van der Waals surface area contributed by atoms with E-state index in [1.54, 1.807) is 11.3 Å². The van der Waals surface area contributed by atoms with Crippen LogP contribution in [0.1, 0.15) is 49.9 Å². The smallest absolute Gasteiger partial charge is 0.223 e. The quantitative estimate of drug-likeness (QED) is 0.880. The third kappa shape index (κ3) is 3.33. The molecule has 1 aromatic rings. The SMILES string of the molecule is CCC(NC(=O)C1CCC(N)CC1)c1cccs1. The van der Waals surface area contributed by atoms with Gasteiger partial charge in [0.05, 0.1) is 6.04 Å². The Morgan fingerprint density at radius 3 is 2.78 bits per heavy atom. The highest BCUT2D eigenvalue weighted by Crippen LogP contribution is 2.26. The van der Waals surface area contributed by atoms with E-state index in [9.17, 15) is 4.79 Å². The molecule has 3 nitrogen and oxygen atoms in total. The van der Waals surface area contributed by atoms with Gasteiger partial charge in [0, 0.05) is 16.8 Å². The molecule has 18 heavy (non-hydrogen) atoms. The van der Waals surface area contributed by atoms with Gasteiger partial charge in [-0.2, -0.15) is 0 Å². The van der Waals surface area contributed by atoms with Crippen LogP contribution in [0.4, 0.5) is 0 Å². The van der Waals surface area contributed by atoms with Crippen LogP contribution >= 0.6 is 11.3 Å². The minimum absolute atomic E-state index is 0.166. The Morgan fingerprint density at radius 1 is 1.50 bits per heavy atom. The second-order valence-electron chi connectivity index (χ2n) is 5.10. The van der Waals surface area contributed by atoms with Gasteiger partial charge in [-0.05, 0) is 43.6 Å². The fourth-order valence-electron chi connectivity index (χ4n) is 2.53. The molecule has 1 atom stereocenters. The molecule has 1 amide bonds. The van der Waals surface area contributed by atoms with Crippen molar-refractivity contribution in [2.24, 2.45) is 11.7 Å². The Hall–Kier alpha value is -0.870. The maximum absolute atomic E-state index is 12.2. The molecule has 1 saturated carbocycles. The van der Waals surface area contributed by atoms with E-state index in [4.69, 9.17) is 5.73 Å². The molecule has 100 valence electrons. The molecule has 0 aromatic carbocycles. The summed E-state index contributed by atoms with van der Waals surface area (Å²) in [5.74, 6) is 0.376. The summed E-state index contributed by atoms with van der Waals surface area (Å²) < 4.78 is 0. The number of carbonyl (C=O) groups is 1. The minimum Gasteiger partial charge on any atom is -0.348 e. The van der Waals surface area contributed by atoms with Gasteiger partial charge in [-0.15, -0.1) is 11.3 Å². The summed E-state index contributed by atoms with van der Waals surface area (Å²) >= 11 is 1.71. The van der Waals surface area contributed by atoms with Crippen LogP contribution in [0.2, 0.25) is 0 Å². The monoisotopic (exact) mass is 266 g/mol. The van der Waals surface area contributed by atoms with Gasteiger partial charge < -0.3 is 11.1 Å². The summed E-state index contributed by atoms with van der Waals surface area (Å²) in [6.07, 6.45) is 4.78. The average Bonchev–Trinajstić information content (AvgIpc) is 2.90. The van der Waals surface area contributed by atoms with Gasteiger partial charge in [0.25, 0.3) is 0 Å².